The molecule has 4 rings (SSSR count). The van der Waals surface area contributed by atoms with Gasteiger partial charge in [0.05, 0.1) is 33.3 Å². The van der Waals surface area contributed by atoms with Crippen molar-refractivity contribution in [2.75, 3.05) is 10.0 Å². The molecular formula is C25H23FN4O3S. The zero-order valence-electron chi connectivity index (χ0n) is 18.8. The Balaban J connectivity index is 1.53. The molecule has 174 valence electrons. The number of hydrogen-bond donors (Lipinski definition) is 2. The minimum Gasteiger partial charge on any atom is -0.319 e. The fourth-order valence-corrected chi connectivity index (χ4v) is 4.55. The van der Waals surface area contributed by atoms with Crippen LogP contribution in [0.3, 0.4) is 0 Å². The zero-order valence-corrected chi connectivity index (χ0v) is 19.7. The van der Waals surface area contributed by atoms with Crippen molar-refractivity contribution in [1.82, 2.24) is 9.78 Å². The maximum absolute atomic E-state index is 13.8. The lowest BCUT2D eigenvalue weighted by Gasteiger charge is -2.10. The van der Waals surface area contributed by atoms with Crippen LogP contribution in [-0.4, -0.2) is 24.1 Å². The smallest absolute Gasteiger partial charge is 0.261 e. The number of aryl methyl sites for hydroxylation is 2. The van der Waals surface area contributed by atoms with Crippen LogP contribution in [0.1, 0.15) is 27.3 Å². The van der Waals surface area contributed by atoms with Crippen molar-refractivity contribution >= 4 is 27.3 Å². The van der Waals surface area contributed by atoms with Crippen LogP contribution in [0.15, 0.2) is 77.7 Å². The summed E-state index contributed by atoms with van der Waals surface area (Å²) >= 11 is 0. The summed E-state index contributed by atoms with van der Waals surface area (Å²) in [5.41, 5.74) is 4.13. The summed E-state index contributed by atoms with van der Waals surface area (Å²) in [6.07, 6.45) is 0. The number of halogens is 1. The Labute approximate surface area is 197 Å². The van der Waals surface area contributed by atoms with E-state index < -0.39 is 21.7 Å². The molecule has 2 N–H and O–H groups in total. The second kappa shape index (κ2) is 9.11. The molecule has 0 unspecified atom stereocenters. The molecule has 0 atom stereocenters. The van der Waals surface area contributed by atoms with Crippen LogP contribution >= 0.6 is 0 Å². The second-order valence-corrected chi connectivity index (χ2v) is 9.54. The fourth-order valence-electron chi connectivity index (χ4n) is 3.48. The molecule has 0 aliphatic heterocycles. The number of benzene rings is 3. The molecule has 0 spiro atoms. The van der Waals surface area contributed by atoms with Crippen molar-refractivity contribution in [2.45, 2.75) is 25.7 Å². The minimum atomic E-state index is -4.02. The highest BCUT2D eigenvalue weighted by Gasteiger charge is 2.19. The number of nitrogens with one attached hydrogen (secondary N) is 2. The molecule has 1 aromatic heterocycles. The van der Waals surface area contributed by atoms with Crippen molar-refractivity contribution in [3.63, 3.8) is 0 Å². The number of carbonyl (C=O) groups is 1. The van der Waals surface area contributed by atoms with Crippen LogP contribution in [-0.2, 0) is 10.0 Å². The number of carbonyl (C=O) groups excluding carboxylic acids is 1. The molecule has 0 fully saturated rings. The Bertz CT molecular complexity index is 1460. The average molecular weight is 479 g/mol. The standard InChI is InChI=1S/C25H23FN4O3S/c1-16-8-12-20(13-9-16)30-18(3)24(17(2)28-30)27-25(31)19-10-14-21(15-11-19)34(32,33)29-23-7-5-4-6-22(23)26/h4-15,29H,1-3H3,(H,27,31). The van der Waals surface area contributed by atoms with Crippen molar-refractivity contribution in [3.05, 3.63) is 101 Å². The third kappa shape index (κ3) is 4.69. The number of rotatable bonds is 6. The van der Waals surface area contributed by atoms with Crippen LogP contribution in [0.4, 0.5) is 15.8 Å². The van der Waals surface area contributed by atoms with Gasteiger partial charge in [-0.1, -0.05) is 29.8 Å². The molecule has 1 heterocycles. The molecule has 1 amide bonds. The Morgan fingerprint density at radius 1 is 0.912 bits per heavy atom. The first-order chi connectivity index (χ1) is 16.2. The van der Waals surface area contributed by atoms with E-state index in [1.54, 1.807) is 11.6 Å². The van der Waals surface area contributed by atoms with Crippen LogP contribution in [0, 0.1) is 26.6 Å². The van der Waals surface area contributed by atoms with Crippen LogP contribution < -0.4 is 10.0 Å². The van der Waals surface area contributed by atoms with Crippen molar-refractivity contribution in [3.8, 4) is 5.69 Å². The topological polar surface area (TPSA) is 93.1 Å². The number of nitrogens with zero attached hydrogens (tertiary/aromatic N) is 2. The fraction of sp³-hybridized carbons (Fsp3) is 0.120. The van der Waals surface area contributed by atoms with Gasteiger partial charge in [0, 0.05) is 5.56 Å². The second-order valence-electron chi connectivity index (χ2n) is 7.86. The van der Waals surface area contributed by atoms with Gasteiger partial charge in [0.1, 0.15) is 5.82 Å². The summed E-state index contributed by atoms with van der Waals surface area (Å²) in [5.74, 6) is -1.08. The van der Waals surface area contributed by atoms with Crippen LogP contribution in [0.5, 0.6) is 0 Å². The molecule has 0 bridgehead atoms. The SMILES string of the molecule is Cc1ccc(-n2nc(C)c(NC(=O)c3ccc(S(=O)(=O)Nc4ccccc4F)cc3)c2C)cc1. The molecule has 0 aliphatic rings. The van der Waals surface area contributed by atoms with E-state index in [9.17, 15) is 17.6 Å². The molecule has 7 nitrogen and oxygen atoms in total. The Morgan fingerprint density at radius 3 is 2.21 bits per heavy atom. The molecular weight excluding hydrogens is 455 g/mol. The van der Waals surface area contributed by atoms with Gasteiger partial charge < -0.3 is 5.32 Å². The summed E-state index contributed by atoms with van der Waals surface area (Å²) in [4.78, 5) is 12.8. The van der Waals surface area contributed by atoms with E-state index in [0.717, 1.165) is 23.0 Å². The molecule has 4 aromatic rings. The van der Waals surface area contributed by atoms with Gasteiger partial charge >= 0.3 is 0 Å². The highest BCUT2D eigenvalue weighted by atomic mass is 32.2. The Morgan fingerprint density at radius 2 is 1.56 bits per heavy atom. The van der Waals surface area contributed by atoms with E-state index in [1.807, 2.05) is 38.1 Å². The number of aromatic nitrogens is 2. The summed E-state index contributed by atoms with van der Waals surface area (Å²) in [6.45, 7) is 5.67. The molecule has 0 saturated heterocycles. The van der Waals surface area contributed by atoms with Gasteiger partial charge in [-0.2, -0.15) is 5.10 Å². The largest absolute Gasteiger partial charge is 0.319 e. The molecule has 0 radical (unpaired) electrons. The van der Waals surface area contributed by atoms with Gasteiger partial charge in [0.25, 0.3) is 15.9 Å². The minimum absolute atomic E-state index is 0.0909. The molecule has 0 aliphatic carbocycles. The third-order valence-electron chi connectivity index (χ3n) is 5.35. The molecule has 34 heavy (non-hydrogen) atoms. The summed E-state index contributed by atoms with van der Waals surface area (Å²) < 4.78 is 43.0. The van der Waals surface area contributed by atoms with Gasteiger partial charge in [0.15, 0.2) is 0 Å². The highest BCUT2D eigenvalue weighted by molar-refractivity contribution is 7.92. The molecule has 0 saturated carbocycles. The lowest BCUT2D eigenvalue weighted by atomic mass is 10.2. The molecule has 9 heteroatoms. The normalized spacial score (nSPS) is 11.3. The first kappa shape index (κ1) is 23.2. The predicted molar refractivity (Wildman–Crippen MR) is 129 cm³/mol. The zero-order chi connectivity index (χ0) is 24.5. The van der Waals surface area contributed by atoms with E-state index in [1.165, 1.54) is 42.5 Å². The van der Waals surface area contributed by atoms with Gasteiger partial charge in [0.2, 0.25) is 0 Å². The van der Waals surface area contributed by atoms with Crippen molar-refractivity contribution < 1.29 is 17.6 Å². The maximum Gasteiger partial charge on any atom is 0.261 e. The summed E-state index contributed by atoms with van der Waals surface area (Å²) in [5, 5.41) is 7.40. The number of amides is 1. The Hall–Kier alpha value is -3.98. The maximum atomic E-state index is 13.8. The number of hydrogen-bond acceptors (Lipinski definition) is 4. The Kier molecular flexibility index (Phi) is 6.21. The van der Waals surface area contributed by atoms with Gasteiger partial charge in [-0.05, 0) is 69.3 Å². The van der Waals surface area contributed by atoms with Gasteiger partial charge in [-0.25, -0.2) is 17.5 Å². The van der Waals surface area contributed by atoms with E-state index >= 15 is 0 Å². The monoisotopic (exact) mass is 478 g/mol. The highest BCUT2D eigenvalue weighted by Crippen LogP contribution is 2.24. The number of sulfonamides is 1. The lowest BCUT2D eigenvalue weighted by Crippen LogP contribution is -2.16. The summed E-state index contributed by atoms with van der Waals surface area (Å²) in [7, 11) is -4.02. The summed E-state index contributed by atoms with van der Waals surface area (Å²) in [6, 6.07) is 18.8. The molecule has 3 aromatic carbocycles. The number of anilines is 2. The predicted octanol–water partition coefficient (Wildman–Crippen LogP) is 4.99. The quantitative estimate of drug-likeness (QED) is 0.408. The first-order valence-corrected chi connectivity index (χ1v) is 12.0. The van der Waals surface area contributed by atoms with Crippen molar-refractivity contribution in [1.29, 1.82) is 0 Å². The average Bonchev–Trinajstić information content (AvgIpc) is 3.09. The van der Waals surface area contributed by atoms with Crippen LogP contribution in [0.25, 0.3) is 5.69 Å². The lowest BCUT2D eigenvalue weighted by molar-refractivity contribution is 0.102. The van der Waals surface area contributed by atoms with E-state index in [0.29, 0.717) is 11.4 Å². The van der Waals surface area contributed by atoms with E-state index in [-0.39, 0.29) is 16.1 Å². The van der Waals surface area contributed by atoms with Crippen molar-refractivity contribution in [2.24, 2.45) is 0 Å². The van der Waals surface area contributed by atoms with E-state index in [4.69, 9.17) is 0 Å². The van der Waals surface area contributed by atoms with Crippen LogP contribution in [0.2, 0.25) is 0 Å². The first-order valence-electron chi connectivity index (χ1n) is 10.5. The van der Waals surface area contributed by atoms with Gasteiger partial charge in [-0.15, -0.1) is 0 Å². The van der Waals surface area contributed by atoms with Gasteiger partial charge in [-0.3, -0.25) is 9.52 Å². The third-order valence-corrected chi connectivity index (χ3v) is 6.73. The van der Waals surface area contributed by atoms with E-state index in [2.05, 4.69) is 15.1 Å². The number of para-hydroxylation sites is 1.